The zero-order valence-electron chi connectivity index (χ0n) is 9.11. The summed E-state index contributed by atoms with van der Waals surface area (Å²) in [6, 6.07) is 0.479. The molecule has 0 saturated carbocycles. The van der Waals surface area contributed by atoms with Crippen LogP contribution >= 0.6 is 0 Å². The van der Waals surface area contributed by atoms with Gasteiger partial charge in [0.25, 0.3) is 0 Å². The summed E-state index contributed by atoms with van der Waals surface area (Å²) in [4.78, 5) is 3.06. The zero-order valence-corrected chi connectivity index (χ0v) is 9.11. The number of alkyl halides is 6. The Kier molecular flexibility index (Phi) is 3.63. The summed E-state index contributed by atoms with van der Waals surface area (Å²) in [7, 11) is 0.865. The molecular weight excluding hydrogens is 268 g/mol. The molecule has 1 rings (SSSR count). The van der Waals surface area contributed by atoms with E-state index in [-0.39, 0.29) is 0 Å². The van der Waals surface area contributed by atoms with Crippen molar-refractivity contribution in [2.75, 3.05) is 7.11 Å². The Bertz CT molecular complexity index is 440. The predicted molar refractivity (Wildman–Crippen MR) is 47.2 cm³/mol. The minimum absolute atomic E-state index is 0.402. The van der Waals surface area contributed by atoms with E-state index in [2.05, 4.69) is 14.5 Å². The predicted octanol–water partition coefficient (Wildman–Crippen LogP) is 3.32. The molecule has 9 heteroatoms. The van der Waals surface area contributed by atoms with Crippen molar-refractivity contribution in [2.24, 2.45) is 0 Å². The van der Waals surface area contributed by atoms with Crippen LogP contribution in [-0.2, 0) is 6.18 Å². The van der Waals surface area contributed by atoms with Crippen molar-refractivity contribution < 1.29 is 35.8 Å². The standard InChI is InChI=1S/C9H7F6NO2/c1-4-3-5(8(10,11)12)7(17-2)16-6(4)18-9(13,14)15/h3H,1-2H3. The first kappa shape index (κ1) is 14.4. The van der Waals surface area contributed by atoms with Gasteiger partial charge in [-0.1, -0.05) is 0 Å². The van der Waals surface area contributed by atoms with Crippen LogP contribution in [0.2, 0.25) is 0 Å². The molecule has 0 aliphatic rings. The molecule has 102 valence electrons. The number of rotatable bonds is 2. The van der Waals surface area contributed by atoms with Gasteiger partial charge in [0.15, 0.2) is 0 Å². The number of methoxy groups -OCH3 is 1. The number of hydrogen-bond donors (Lipinski definition) is 0. The maximum absolute atomic E-state index is 12.5. The Morgan fingerprint density at radius 2 is 1.61 bits per heavy atom. The normalized spacial score (nSPS) is 12.4. The van der Waals surface area contributed by atoms with Gasteiger partial charge in [0.1, 0.15) is 5.56 Å². The topological polar surface area (TPSA) is 31.4 Å². The zero-order chi connectivity index (χ0) is 14.1. The van der Waals surface area contributed by atoms with Crippen molar-refractivity contribution in [3.63, 3.8) is 0 Å². The third kappa shape index (κ3) is 3.41. The van der Waals surface area contributed by atoms with Crippen molar-refractivity contribution >= 4 is 0 Å². The van der Waals surface area contributed by atoms with Crippen LogP contribution in [0.15, 0.2) is 6.07 Å². The van der Waals surface area contributed by atoms with Gasteiger partial charge < -0.3 is 9.47 Å². The van der Waals surface area contributed by atoms with E-state index in [4.69, 9.17) is 0 Å². The van der Waals surface area contributed by atoms with Gasteiger partial charge in [0.2, 0.25) is 11.8 Å². The first-order valence-corrected chi connectivity index (χ1v) is 4.43. The number of nitrogens with zero attached hydrogens (tertiary/aromatic N) is 1. The summed E-state index contributed by atoms with van der Waals surface area (Å²) >= 11 is 0. The smallest absolute Gasteiger partial charge is 0.480 e. The number of aryl methyl sites for hydroxylation is 1. The third-order valence-electron chi connectivity index (χ3n) is 1.84. The number of ether oxygens (including phenoxy) is 2. The van der Waals surface area contributed by atoms with E-state index in [9.17, 15) is 26.3 Å². The molecule has 0 radical (unpaired) electrons. The van der Waals surface area contributed by atoms with E-state index >= 15 is 0 Å². The Morgan fingerprint density at radius 3 is 2.00 bits per heavy atom. The van der Waals surface area contributed by atoms with Crippen LogP contribution < -0.4 is 9.47 Å². The SMILES string of the molecule is COc1nc(OC(F)(F)F)c(C)cc1C(F)(F)F. The Morgan fingerprint density at radius 1 is 1.06 bits per heavy atom. The quantitative estimate of drug-likeness (QED) is 0.776. The molecule has 0 aliphatic carbocycles. The minimum Gasteiger partial charge on any atom is -0.480 e. The minimum atomic E-state index is -5.04. The molecule has 0 bridgehead atoms. The summed E-state index contributed by atoms with van der Waals surface area (Å²) in [5.74, 6) is -1.96. The second kappa shape index (κ2) is 4.54. The molecule has 0 saturated heterocycles. The van der Waals surface area contributed by atoms with Gasteiger partial charge in [0, 0.05) is 5.56 Å². The molecule has 0 aliphatic heterocycles. The van der Waals surface area contributed by atoms with Gasteiger partial charge in [-0.15, -0.1) is 13.2 Å². The van der Waals surface area contributed by atoms with Crippen LogP contribution in [0.4, 0.5) is 26.3 Å². The fourth-order valence-electron chi connectivity index (χ4n) is 1.15. The van der Waals surface area contributed by atoms with E-state index in [0.717, 1.165) is 14.0 Å². The highest BCUT2D eigenvalue weighted by molar-refractivity contribution is 5.38. The molecule has 1 aromatic rings. The van der Waals surface area contributed by atoms with Crippen molar-refractivity contribution in [1.29, 1.82) is 0 Å². The van der Waals surface area contributed by atoms with Gasteiger partial charge in [-0.05, 0) is 13.0 Å². The maximum Gasteiger partial charge on any atom is 0.574 e. The van der Waals surface area contributed by atoms with Gasteiger partial charge in [-0.3, -0.25) is 0 Å². The highest BCUT2D eigenvalue weighted by atomic mass is 19.4. The molecule has 18 heavy (non-hydrogen) atoms. The lowest BCUT2D eigenvalue weighted by Gasteiger charge is -2.15. The van der Waals surface area contributed by atoms with Crippen molar-refractivity contribution in [3.05, 3.63) is 17.2 Å². The number of pyridine rings is 1. The fraction of sp³-hybridized carbons (Fsp3) is 0.444. The highest BCUT2D eigenvalue weighted by Crippen LogP contribution is 2.38. The molecule has 0 amide bonds. The fourth-order valence-corrected chi connectivity index (χ4v) is 1.15. The van der Waals surface area contributed by atoms with Crippen LogP contribution in [-0.4, -0.2) is 18.5 Å². The van der Waals surface area contributed by atoms with Crippen LogP contribution in [0.5, 0.6) is 11.8 Å². The second-order valence-electron chi connectivity index (χ2n) is 3.21. The van der Waals surface area contributed by atoms with E-state index in [1.54, 1.807) is 0 Å². The monoisotopic (exact) mass is 275 g/mol. The maximum atomic E-state index is 12.5. The Hall–Kier alpha value is -1.67. The first-order chi connectivity index (χ1) is 8.04. The average molecular weight is 275 g/mol. The molecule has 0 N–H and O–H groups in total. The molecule has 0 spiro atoms. The first-order valence-electron chi connectivity index (χ1n) is 4.43. The third-order valence-corrected chi connectivity index (χ3v) is 1.84. The largest absolute Gasteiger partial charge is 0.574 e. The molecular formula is C9H7F6NO2. The van der Waals surface area contributed by atoms with E-state index in [1.165, 1.54) is 0 Å². The van der Waals surface area contributed by atoms with Crippen LogP contribution in [0, 0.1) is 6.92 Å². The summed E-state index contributed by atoms with van der Waals surface area (Å²) in [5.41, 5.74) is -1.67. The van der Waals surface area contributed by atoms with Gasteiger partial charge in [-0.2, -0.15) is 18.2 Å². The molecule has 1 heterocycles. The van der Waals surface area contributed by atoms with Crippen molar-refractivity contribution in [2.45, 2.75) is 19.5 Å². The lowest BCUT2D eigenvalue weighted by Crippen LogP contribution is -2.19. The summed E-state index contributed by atoms with van der Waals surface area (Å²) in [5, 5.41) is 0. The molecule has 3 nitrogen and oxygen atoms in total. The van der Waals surface area contributed by atoms with E-state index in [1.807, 2.05) is 0 Å². The molecule has 0 atom stereocenters. The number of halogens is 6. The van der Waals surface area contributed by atoms with Crippen molar-refractivity contribution in [1.82, 2.24) is 4.98 Å². The van der Waals surface area contributed by atoms with Gasteiger partial charge in [0.05, 0.1) is 7.11 Å². The Labute approximate surface area is 97.3 Å². The molecule has 0 aromatic carbocycles. The summed E-state index contributed by atoms with van der Waals surface area (Å²) in [6.07, 6.45) is -9.82. The molecule has 0 unspecified atom stereocenters. The van der Waals surface area contributed by atoms with Gasteiger partial charge >= 0.3 is 12.5 Å². The lowest BCUT2D eigenvalue weighted by molar-refractivity contribution is -0.276. The van der Waals surface area contributed by atoms with Crippen molar-refractivity contribution in [3.8, 4) is 11.8 Å². The van der Waals surface area contributed by atoms with Crippen LogP contribution in [0.25, 0.3) is 0 Å². The second-order valence-corrected chi connectivity index (χ2v) is 3.21. The molecule has 1 aromatic heterocycles. The average Bonchev–Trinajstić information content (AvgIpc) is 2.17. The Balaban J connectivity index is 3.27. The summed E-state index contributed by atoms with van der Waals surface area (Å²) < 4.78 is 81.2. The van der Waals surface area contributed by atoms with Crippen LogP contribution in [0.1, 0.15) is 11.1 Å². The highest BCUT2D eigenvalue weighted by Gasteiger charge is 2.38. The molecule has 0 fully saturated rings. The van der Waals surface area contributed by atoms with Gasteiger partial charge in [-0.25, -0.2) is 0 Å². The lowest BCUT2D eigenvalue weighted by atomic mass is 10.2. The van der Waals surface area contributed by atoms with Crippen LogP contribution in [0.3, 0.4) is 0 Å². The number of hydrogen-bond acceptors (Lipinski definition) is 3. The summed E-state index contributed by atoms with van der Waals surface area (Å²) in [6.45, 7) is 1.02. The number of aromatic nitrogens is 1. The van der Waals surface area contributed by atoms with E-state index in [0.29, 0.717) is 6.07 Å². The van der Waals surface area contributed by atoms with E-state index < -0.39 is 35.4 Å².